The smallest absolute Gasteiger partial charge is 0.416 e. The predicted molar refractivity (Wildman–Crippen MR) is 133 cm³/mol. The Morgan fingerprint density at radius 2 is 1.65 bits per heavy atom. The number of alkyl halides is 3. The average molecular weight is 528 g/mol. The van der Waals surface area contributed by atoms with Crippen molar-refractivity contribution in [3.05, 3.63) is 35.4 Å². The van der Waals surface area contributed by atoms with Crippen LogP contribution < -0.4 is 0 Å². The molecule has 0 radical (unpaired) electrons. The van der Waals surface area contributed by atoms with Crippen molar-refractivity contribution in [2.75, 3.05) is 13.2 Å². The van der Waals surface area contributed by atoms with Crippen molar-refractivity contribution in [2.45, 2.75) is 103 Å². The summed E-state index contributed by atoms with van der Waals surface area (Å²) in [5.41, 5.74) is -3.21. The zero-order valence-electron chi connectivity index (χ0n) is 22.7. The zero-order valence-corrected chi connectivity index (χ0v) is 22.7. The van der Waals surface area contributed by atoms with Gasteiger partial charge < -0.3 is 19.5 Å². The average Bonchev–Trinajstić information content (AvgIpc) is 2.78. The van der Waals surface area contributed by atoms with Crippen LogP contribution in [0.5, 0.6) is 0 Å². The molecule has 3 aliphatic rings. The van der Waals surface area contributed by atoms with Gasteiger partial charge in [0.05, 0.1) is 29.2 Å². The standard InChI is InChI=1S/C28H40F3NO5/c1-7-36-23(34)26-13-15-27(16-14-26,32(17-12-18(2)3)24(35)37-25(4,5)6)21(22(26)33)19-8-10-20(11-9-19)28(29,30)31/h8-11,18,21-22,33H,7,12-17H2,1-6H3/t21-,22-,26?,27?/m1/s1. The van der Waals surface area contributed by atoms with Gasteiger partial charge in [0.25, 0.3) is 0 Å². The van der Waals surface area contributed by atoms with Gasteiger partial charge >= 0.3 is 18.2 Å². The minimum absolute atomic E-state index is 0.155. The Morgan fingerprint density at radius 1 is 1.08 bits per heavy atom. The molecular formula is C28H40F3NO5. The van der Waals surface area contributed by atoms with Crippen LogP contribution in [0.3, 0.4) is 0 Å². The van der Waals surface area contributed by atoms with E-state index in [2.05, 4.69) is 0 Å². The maximum atomic E-state index is 13.6. The molecule has 0 aromatic heterocycles. The fourth-order valence-corrected chi connectivity index (χ4v) is 5.96. The number of hydrogen-bond donors (Lipinski definition) is 1. The molecule has 37 heavy (non-hydrogen) atoms. The highest BCUT2D eigenvalue weighted by Crippen LogP contribution is 2.61. The molecule has 0 spiro atoms. The molecule has 208 valence electrons. The number of aliphatic hydroxyl groups is 1. The number of esters is 1. The SMILES string of the molecule is CCOC(=O)C12CCC(N(CCC(C)C)C(=O)OC(C)(C)C)(CC1)[C@H](c1ccc(C(F)(F)F)cc1)[C@H]2O. The Bertz CT molecular complexity index is 960. The first-order valence-electron chi connectivity index (χ1n) is 13.1. The number of rotatable bonds is 7. The Balaban J connectivity index is 2.14. The van der Waals surface area contributed by atoms with Gasteiger partial charge in [0.15, 0.2) is 0 Å². The molecule has 0 saturated heterocycles. The van der Waals surface area contributed by atoms with E-state index in [1.807, 2.05) is 13.8 Å². The number of amides is 1. The topological polar surface area (TPSA) is 76.1 Å². The number of halogens is 3. The first-order valence-corrected chi connectivity index (χ1v) is 13.1. The van der Waals surface area contributed by atoms with E-state index in [1.54, 1.807) is 32.6 Å². The minimum atomic E-state index is -4.51. The summed E-state index contributed by atoms with van der Waals surface area (Å²) >= 11 is 0. The van der Waals surface area contributed by atoms with E-state index in [1.165, 1.54) is 12.1 Å². The van der Waals surface area contributed by atoms with Crippen molar-refractivity contribution in [2.24, 2.45) is 11.3 Å². The summed E-state index contributed by atoms with van der Waals surface area (Å²) in [4.78, 5) is 28.4. The Kier molecular flexibility index (Phi) is 8.28. The highest BCUT2D eigenvalue weighted by atomic mass is 19.4. The van der Waals surface area contributed by atoms with Gasteiger partial charge in [0.2, 0.25) is 0 Å². The Morgan fingerprint density at radius 3 is 2.11 bits per heavy atom. The molecule has 6 nitrogen and oxygen atoms in total. The van der Waals surface area contributed by atoms with Gasteiger partial charge in [-0.2, -0.15) is 13.2 Å². The lowest BCUT2D eigenvalue weighted by molar-refractivity contribution is -0.191. The number of aliphatic hydroxyl groups excluding tert-OH is 1. The van der Waals surface area contributed by atoms with Crippen molar-refractivity contribution < 1.29 is 37.3 Å². The number of hydrogen-bond acceptors (Lipinski definition) is 5. The number of ether oxygens (including phenoxy) is 2. The third-order valence-electron chi connectivity index (χ3n) is 7.83. The summed E-state index contributed by atoms with van der Waals surface area (Å²) in [6.07, 6.45) is -4.18. The van der Waals surface area contributed by atoms with E-state index in [9.17, 15) is 27.9 Å². The summed E-state index contributed by atoms with van der Waals surface area (Å²) in [6.45, 7) is 11.6. The first kappa shape index (κ1) is 29.3. The molecular weight excluding hydrogens is 487 g/mol. The van der Waals surface area contributed by atoms with E-state index < -0.39 is 52.4 Å². The molecule has 3 aliphatic carbocycles. The molecule has 1 amide bonds. The van der Waals surface area contributed by atoms with Gasteiger partial charge in [0, 0.05) is 12.5 Å². The number of fused-ring (bicyclic) bond motifs is 3. The number of benzene rings is 1. The van der Waals surface area contributed by atoms with Crippen LogP contribution in [-0.4, -0.2) is 52.5 Å². The largest absolute Gasteiger partial charge is 0.465 e. The molecule has 0 heterocycles. The van der Waals surface area contributed by atoms with Crippen LogP contribution >= 0.6 is 0 Å². The predicted octanol–water partition coefficient (Wildman–Crippen LogP) is 6.31. The fourth-order valence-electron chi connectivity index (χ4n) is 5.96. The van der Waals surface area contributed by atoms with Crippen LogP contribution in [0, 0.1) is 11.3 Å². The molecule has 9 heteroatoms. The molecule has 1 aromatic carbocycles. The van der Waals surface area contributed by atoms with Crippen molar-refractivity contribution in [3.63, 3.8) is 0 Å². The van der Waals surface area contributed by atoms with Gasteiger partial charge in [0.1, 0.15) is 5.60 Å². The summed E-state index contributed by atoms with van der Waals surface area (Å²) in [7, 11) is 0. The maximum Gasteiger partial charge on any atom is 0.416 e. The lowest BCUT2D eigenvalue weighted by Crippen LogP contribution is -2.69. The van der Waals surface area contributed by atoms with Gasteiger partial charge in [-0.05, 0) is 83.4 Å². The van der Waals surface area contributed by atoms with E-state index in [0.717, 1.165) is 12.1 Å². The van der Waals surface area contributed by atoms with Crippen LogP contribution in [-0.2, 0) is 20.4 Å². The highest BCUT2D eigenvalue weighted by Gasteiger charge is 2.66. The molecule has 2 bridgehead atoms. The summed E-state index contributed by atoms with van der Waals surface area (Å²) in [6, 6.07) is 4.68. The number of carbonyl (C=O) groups excluding carboxylic acids is 2. The minimum Gasteiger partial charge on any atom is -0.465 e. The number of nitrogens with zero attached hydrogens (tertiary/aromatic N) is 1. The zero-order chi connectivity index (χ0) is 27.8. The number of carbonyl (C=O) groups is 2. The van der Waals surface area contributed by atoms with E-state index in [0.29, 0.717) is 44.2 Å². The van der Waals surface area contributed by atoms with Crippen molar-refractivity contribution in [3.8, 4) is 0 Å². The normalized spacial score (nSPS) is 27.8. The Labute approximate surface area is 217 Å². The molecule has 1 aromatic rings. The molecule has 0 unspecified atom stereocenters. The third-order valence-corrected chi connectivity index (χ3v) is 7.83. The van der Waals surface area contributed by atoms with E-state index in [-0.39, 0.29) is 12.5 Å². The van der Waals surface area contributed by atoms with Crippen molar-refractivity contribution in [1.82, 2.24) is 4.90 Å². The molecule has 3 saturated carbocycles. The van der Waals surface area contributed by atoms with Crippen molar-refractivity contribution >= 4 is 12.1 Å². The molecule has 0 aliphatic heterocycles. The highest BCUT2D eigenvalue weighted by molar-refractivity contribution is 5.79. The van der Waals surface area contributed by atoms with Crippen LogP contribution in [0.4, 0.5) is 18.0 Å². The Hall–Kier alpha value is -2.29. The van der Waals surface area contributed by atoms with Crippen LogP contribution in [0.25, 0.3) is 0 Å². The summed E-state index contributed by atoms with van der Waals surface area (Å²) in [5, 5.41) is 11.8. The molecule has 3 fully saturated rings. The first-order chi connectivity index (χ1) is 17.1. The lowest BCUT2D eigenvalue weighted by Gasteiger charge is -2.62. The summed E-state index contributed by atoms with van der Waals surface area (Å²) < 4.78 is 51.0. The monoisotopic (exact) mass is 527 g/mol. The van der Waals surface area contributed by atoms with Gasteiger partial charge in [-0.25, -0.2) is 4.79 Å². The summed E-state index contributed by atoms with van der Waals surface area (Å²) in [5.74, 6) is -1.01. The quantitative estimate of drug-likeness (QED) is 0.421. The third kappa shape index (κ3) is 5.76. The van der Waals surface area contributed by atoms with Crippen molar-refractivity contribution in [1.29, 1.82) is 0 Å². The second-order valence-corrected chi connectivity index (χ2v) is 11.8. The second-order valence-electron chi connectivity index (χ2n) is 11.8. The lowest BCUT2D eigenvalue weighted by atomic mass is 9.49. The van der Waals surface area contributed by atoms with E-state index >= 15 is 0 Å². The van der Waals surface area contributed by atoms with E-state index in [4.69, 9.17) is 9.47 Å². The van der Waals surface area contributed by atoms with Gasteiger partial charge in [-0.15, -0.1) is 0 Å². The fraction of sp³-hybridized carbons (Fsp3) is 0.714. The van der Waals surface area contributed by atoms with Crippen LogP contribution in [0.15, 0.2) is 24.3 Å². The molecule has 2 atom stereocenters. The maximum absolute atomic E-state index is 13.6. The molecule has 1 N–H and O–H groups in total. The van der Waals surface area contributed by atoms with Gasteiger partial charge in [-0.3, -0.25) is 4.79 Å². The van der Waals surface area contributed by atoms with Crippen LogP contribution in [0.1, 0.15) is 90.7 Å². The molecule has 4 rings (SSSR count). The van der Waals surface area contributed by atoms with Crippen LogP contribution in [0.2, 0.25) is 0 Å². The van der Waals surface area contributed by atoms with Gasteiger partial charge in [-0.1, -0.05) is 26.0 Å². The second kappa shape index (κ2) is 10.5.